The van der Waals surface area contributed by atoms with Gasteiger partial charge in [0.2, 0.25) is 11.8 Å². The van der Waals surface area contributed by atoms with Gasteiger partial charge in [-0.25, -0.2) is 0 Å². The molecule has 0 aliphatic carbocycles. The first kappa shape index (κ1) is 15.5. The van der Waals surface area contributed by atoms with Crippen molar-refractivity contribution >= 4 is 11.8 Å². The van der Waals surface area contributed by atoms with E-state index in [1.54, 1.807) is 4.90 Å². The fourth-order valence-corrected chi connectivity index (χ4v) is 3.05. The Balaban J connectivity index is 2.35. The van der Waals surface area contributed by atoms with Gasteiger partial charge in [0.25, 0.3) is 0 Å². The largest absolute Gasteiger partial charge is 0.368 e. The summed E-state index contributed by atoms with van der Waals surface area (Å²) in [5.74, 6) is -0.459. The van der Waals surface area contributed by atoms with Crippen molar-refractivity contribution in [2.75, 3.05) is 26.2 Å². The van der Waals surface area contributed by atoms with Crippen molar-refractivity contribution in [3.63, 3.8) is 0 Å². The molecule has 0 saturated carbocycles. The summed E-state index contributed by atoms with van der Waals surface area (Å²) < 4.78 is 0. The topological polar surface area (TPSA) is 75.4 Å². The number of primary amides is 1. The van der Waals surface area contributed by atoms with Crippen LogP contribution in [0.4, 0.5) is 0 Å². The highest BCUT2D eigenvalue weighted by atomic mass is 16.2. The zero-order valence-corrected chi connectivity index (χ0v) is 12.5. The fraction of sp³-hybridized carbons (Fsp3) is 0.500. The minimum atomic E-state index is -0.544. The van der Waals surface area contributed by atoms with E-state index in [9.17, 15) is 9.59 Å². The number of piperidine rings is 1. The van der Waals surface area contributed by atoms with Crippen LogP contribution in [-0.2, 0) is 15.0 Å². The SMILES string of the molecule is CCN(CC(N)=O)C(=O)C1(c2ccccc2)CCNCC1. The monoisotopic (exact) mass is 289 g/mol. The van der Waals surface area contributed by atoms with Gasteiger partial charge in [0.15, 0.2) is 0 Å². The third kappa shape index (κ3) is 3.24. The number of nitrogens with two attached hydrogens (primary N) is 1. The number of rotatable bonds is 5. The summed E-state index contributed by atoms with van der Waals surface area (Å²) >= 11 is 0. The molecule has 1 aromatic rings. The number of amides is 2. The maximum absolute atomic E-state index is 13.1. The van der Waals surface area contributed by atoms with Gasteiger partial charge in [-0.3, -0.25) is 9.59 Å². The molecule has 0 aromatic heterocycles. The summed E-state index contributed by atoms with van der Waals surface area (Å²) in [5, 5.41) is 3.30. The van der Waals surface area contributed by atoms with Gasteiger partial charge in [0, 0.05) is 6.54 Å². The summed E-state index contributed by atoms with van der Waals surface area (Å²) in [6.45, 7) is 3.95. The number of carbonyl (C=O) groups is 2. The lowest BCUT2D eigenvalue weighted by molar-refractivity contribution is -0.141. The van der Waals surface area contributed by atoms with Gasteiger partial charge >= 0.3 is 0 Å². The molecule has 1 aliphatic rings. The number of carbonyl (C=O) groups excluding carboxylic acids is 2. The molecular formula is C16H23N3O2. The molecule has 114 valence electrons. The van der Waals surface area contributed by atoms with Gasteiger partial charge in [0.05, 0.1) is 12.0 Å². The maximum atomic E-state index is 13.1. The Morgan fingerprint density at radius 2 is 1.86 bits per heavy atom. The standard InChI is InChI=1S/C16H23N3O2/c1-2-19(12-14(17)20)15(21)16(8-10-18-11-9-16)13-6-4-3-5-7-13/h3-7,18H,2,8-12H2,1H3,(H2,17,20). The quantitative estimate of drug-likeness (QED) is 0.835. The highest BCUT2D eigenvalue weighted by Gasteiger charge is 2.43. The van der Waals surface area contributed by atoms with E-state index < -0.39 is 11.3 Å². The predicted molar refractivity (Wildman–Crippen MR) is 81.7 cm³/mol. The van der Waals surface area contributed by atoms with Crippen LogP contribution in [0.1, 0.15) is 25.3 Å². The lowest BCUT2D eigenvalue weighted by Crippen LogP contribution is -2.53. The van der Waals surface area contributed by atoms with Crippen LogP contribution in [0.2, 0.25) is 0 Å². The van der Waals surface area contributed by atoms with Crippen LogP contribution < -0.4 is 11.1 Å². The van der Waals surface area contributed by atoms with E-state index in [1.807, 2.05) is 37.3 Å². The molecule has 5 heteroatoms. The molecular weight excluding hydrogens is 266 g/mol. The predicted octanol–water partition coefficient (Wildman–Crippen LogP) is 0.642. The number of hydrogen-bond donors (Lipinski definition) is 2. The van der Waals surface area contributed by atoms with E-state index in [-0.39, 0.29) is 12.5 Å². The molecule has 1 heterocycles. The Bertz CT molecular complexity index is 496. The molecule has 1 saturated heterocycles. The third-order valence-corrected chi connectivity index (χ3v) is 4.21. The van der Waals surface area contributed by atoms with Crippen molar-refractivity contribution in [2.24, 2.45) is 5.73 Å². The third-order valence-electron chi connectivity index (χ3n) is 4.21. The van der Waals surface area contributed by atoms with E-state index in [0.717, 1.165) is 31.5 Å². The number of likely N-dealkylation sites (N-methyl/N-ethyl adjacent to an activating group) is 1. The molecule has 0 bridgehead atoms. The van der Waals surface area contributed by atoms with Crippen LogP contribution in [0, 0.1) is 0 Å². The molecule has 0 unspecified atom stereocenters. The van der Waals surface area contributed by atoms with E-state index in [1.165, 1.54) is 0 Å². The molecule has 0 atom stereocenters. The Labute approximate surface area is 125 Å². The Morgan fingerprint density at radius 3 is 2.38 bits per heavy atom. The van der Waals surface area contributed by atoms with Crippen LogP contribution >= 0.6 is 0 Å². The zero-order chi connectivity index (χ0) is 15.3. The Kier molecular flexibility index (Phi) is 4.96. The van der Waals surface area contributed by atoms with Crippen LogP contribution in [0.15, 0.2) is 30.3 Å². The van der Waals surface area contributed by atoms with Gasteiger partial charge in [-0.05, 0) is 38.4 Å². The Morgan fingerprint density at radius 1 is 1.24 bits per heavy atom. The normalized spacial score (nSPS) is 17.2. The molecule has 1 aliphatic heterocycles. The molecule has 1 aromatic carbocycles. The first-order valence-electron chi connectivity index (χ1n) is 7.44. The maximum Gasteiger partial charge on any atom is 0.237 e. The highest BCUT2D eigenvalue weighted by molar-refractivity contribution is 5.91. The number of benzene rings is 1. The lowest BCUT2D eigenvalue weighted by atomic mass is 9.72. The molecule has 3 N–H and O–H groups in total. The van der Waals surface area contributed by atoms with Gasteiger partial charge in [-0.1, -0.05) is 30.3 Å². The second kappa shape index (κ2) is 6.72. The van der Waals surface area contributed by atoms with E-state index in [4.69, 9.17) is 5.73 Å². The first-order chi connectivity index (χ1) is 10.1. The summed E-state index contributed by atoms with van der Waals surface area (Å²) in [7, 11) is 0. The average Bonchev–Trinajstić information content (AvgIpc) is 2.53. The van der Waals surface area contributed by atoms with Crippen LogP contribution in [0.3, 0.4) is 0 Å². The van der Waals surface area contributed by atoms with Crippen LogP contribution in [-0.4, -0.2) is 42.9 Å². The Hall–Kier alpha value is -1.88. The van der Waals surface area contributed by atoms with Crippen LogP contribution in [0.5, 0.6) is 0 Å². The van der Waals surface area contributed by atoms with Crippen molar-refractivity contribution in [3.05, 3.63) is 35.9 Å². The lowest BCUT2D eigenvalue weighted by Gasteiger charge is -2.40. The van der Waals surface area contributed by atoms with Crippen molar-refractivity contribution in [3.8, 4) is 0 Å². The zero-order valence-electron chi connectivity index (χ0n) is 12.5. The molecule has 1 fully saturated rings. The van der Waals surface area contributed by atoms with Crippen molar-refractivity contribution in [2.45, 2.75) is 25.2 Å². The fourth-order valence-electron chi connectivity index (χ4n) is 3.05. The summed E-state index contributed by atoms with van der Waals surface area (Å²) in [5.41, 5.74) is 5.76. The summed E-state index contributed by atoms with van der Waals surface area (Å²) in [4.78, 5) is 25.9. The smallest absolute Gasteiger partial charge is 0.237 e. The van der Waals surface area contributed by atoms with Gasteiger partial charge in [-0.2, -0.15) is 0 Å². The molecule has 5 nitrogen and oxygen atoms in total. The van der Waals surface area contributed by atoms with E-state index in [2.05, 4.69) is 5.32 Å². The molecule has 2 rings (SSSR count). The second-order valence-electron chi connectivity index (χ2n) is 5.48. The minimum absolute atomic E-state index is 0.0106. The van der Waals surface area contributed by atoms with Gasteiger partial charge in [0.1, 0.15) is 0 Å². The van der Waals surface area contributed by atoms with Crippen molar-refractivity contribution in [1.82, 2.24) is 10.2 Å². The molecule has 2 amide bonds. The second-order valence-corrected chi connectivity index (χ2v) is 5.48. The summed E-state index contributed by atoms with van der Waals surface area (Å²) in [6, 6.07) is 9.86. The molecule has 21 heavy (non-hydrogen) atoms. The van der Waals surface area contributed by atoms with Crippen LogP contribution in [0.25, 0.3) is 0 Å². The van der Waals surface area contributed by atoms with Gasteiger partial charge < -0.3 is 16.0 Å². The number of nitrogens with zero attached hydrogens (tertiary/aromatic N) is 1. The minimum Gasteiger partial charge on any atom is -0.368 e. The number of hydrogen-bond acceptors (Lipinski definition) is 3. The first-order valence-corrected chi connectivity index (χ1v) is 7.44. The van der Waals surface area contributed by atoms with Gasteiger partial charge in [-0.15, -0.1) is 0 Å². The molecule has 0 spiro atoms. The van der Waals surface area contributed by atoms with E-state index in [0.29, 0.717) is 6.54 Å². The van der Waals surface area contributed by atoms with Crippen molar-refractivity contribution in [1.29, 1.82) is 0 Å². The van der Waals surface area contributed by atoms with Crippen molar-refractivity contribution < 1.29 is 9.59 Å². The molecule has 0 radical (unpaired) electrons. The highest BCUT2D eigenvalue weighted by Crippen LogP contribution is 2.35. The average molecular weight is 289 g/mol. The number of nitrogens with one attached hydrogen (secondary N) is 1. The summed E-state index contributed by atoms with van der Waals surface area (Å²) in [6.07, 6.45) is 1.48. The van der Waals surface area contributed by atoms with E-state index >= 15 is 0 Å².